The van der Waals surface area contributed by atoms with Crippen molar-refractivity contribution < 1.29 is 19.0 Å². The van der Waals surface area contributed by atoms with Gasteiger partial charge >= 0.3 is 5.97 Å². The maximum absolute atomic E-state index is 13.3. The minimum Gasteiger partial charge on any atom is -0.490 e. The summed E-state index contributed by atoms with van der Waals surface area (Å²) < 4.78 is 18.9. The fourth-order valence-electron chi connectivity index (χ4n) is 2.29. The first kappa shape index (κ1) is 12.9. The van der Waals surface area contributed by atoms with E-state index in [1.165, 1.54) is 12.1 Å². The van der Waals surface area contributed by atoms with Crippen LogP contribution >= 0.6 is 0 Å². The number of rotatable bonds is 3. The van der Waals surface area contributed by atoms with Crippen molar-refractivity contribution in [3.8, 4) is 5.75 Å². The zero-order chi connectivity index (χ0) is 13.1. The highest BCUT2D eigenvalue weighted by atomic mass is 19.1. The number of carboxylic acid groups (broad SMARTS) is 1. The summed E-state index contributed by atoms with van der Waals surface area (Å²) in [6.07, 6.45) is 4.17. The van der Waals surface area contributed by atoms with E-state index in [4.69, 9.17) is 9.84 Å². The molecule has 0 amide bonds. The van der Waals surface area contributed by atoms with Crippen LogP contribution in [0.2, 0.25) is 0 Å². The van der Waals surface area contributed by atoms with Gasteiger partial charge in [0.05, 0.1) is 11.7 Å². The Morgan fingerprint density at radius 2 is 1.94 bits per heavy atom. The first-order valence-corrected chi connectivity index (χ1v) is 6.25. The van der Waals surface area contributed by atoms with Gasteiger partial charge in [-0.15, -0.1) is 0 Å². The molecule has 0 unspecified atom stereocenters. The van der Waals surface area contributed by atoms with E-state index in [0.29, 0.717) is 11.7 Å². The Kier molecular flexibility index (Phi) is 3.84. The molecular weight excluding hydrogens is 235 g/mol. The quantitative estimate of drug-likeness (QED) is 0.895. The smallest absolute Gasteiger partial charge is 0.335 e. The van der Waals surface area contributed by atoms with E-state index in [0.717, 1.165) is 31.7 Å². The van der Waals surface area contributed by atoms with Crippen LogP contribution in [0, 0.1) is 11.7 Å². The van der Waals surface area contributed by atoms with Crippen molar-refractivity contribution in [1.82, 2.24) is 0 Å². The molecule has 3 nitrogen and oxygen atoms in total. The van der Waals surface area contributed by atoms with Crippen molar-refractivity contribution in [3.63, 3.8) is 0 Å². The van der Waals surface area contributed by atoms with Gasteiger partial charge in [0, 0.05) is 6.07 Å². The Morgan fingerprint density at radius 1 is 1.28 bits per heavy atom. The number of hydrogen-bond donors (Lipinski definition) is 1. The Hall–Kier alpha value is -1.58. The maximum Gasteiger partial charge on any atom is 0.335 e. The van der Waals surface area contributed by atoms with Crippen molar-refractivity contribution in [1.29, 1.82) is 0 Å². The highest BCUT2D eigenvalue weighted by Gasteiger charge is 2.20. The lowest BCUT2D eigenvalue weighted by molar-refractivity contribution is 0.0694. The van der Waals surface area contributed by atoms with E-state index in [-0.39, 0.29) is 11.7 Å². The predicted octanol–water partition coefficient (Wildman–Crippen LogP) is 3.48. The predicted molar refractivity (Wildman–Crippen MR) is 65.4 cm³/mol. The van der Waals surface area contributed by atoms with E-state index in [9.17, 15) is 9.18 Å². The highest BCUT2D eigenvalue weighted by molar-refractivity contribution is 5.88. The van der Waals surface area contributed by atoms with Crippen LogP contribution in [0.5, 0.6) is 5.75 Å². The van der Waals surface area contributed by atoms with Crippen LogP contribution in [0.15, 0.2) is 18.2 Å². The molecule has 0 aromatic heterocycles. The Bertz CT molecular complexity index is 437. The zero-order valence-electron chi connectivity index (χ0n) is 10.4. The first-order chi connectivity index (χ1) is 8.54. The van der Waals surface area contributed by atoms with Crippen LogP contribution in [0.1, 0.15) is 43.0 Å². The van der Waals surface area contributed by atoms with Crippen LogP contribution in [0.25, 0.3) is 0 Å². The lowest BCUT2D eigenvalue weighted by Crippen LogP contribution is -2.23. The molecule has 0 atom stereocenters. The molecule has 98 valence electrons. The van der Waals surface area contributed by atoms with Gasteiger partial charge in [-0.05, 0) is 43.7 Å². The van der Waals surface area contributed by atoms with E-state index < -0.39 is 11.8 Å². The molecule has 0 heterocycles. The van der Waals surface area contributed by atoms with Gasteiger partial charge in [-0.2, -0.15) is 0 Å². The molecule has 0 aliphatic heterocycles. The summed E-state index contributed by atoms with van der Waals surface area (Å²) >= 11 is 0. The highest BCUT2D eigenvalue weighted by Crippen LogP contribution is 2.28. The topological polar surface area (TPSA) is 46.5 Å². The average Bonchev–Trinajstić information content (AvgIpc) is 2.31. The first-order valence-electron chi connectivity index (χ1n) is 6.25. The summed E-state index contributed by atoms with van der Waals surface area (Å²) in [7, 11) is 0. The van der Waals surface area contributed by atoms with Crippen LogP contribution in [0.4, 0.5) is 4.39 Å². The second-order valence-electron chi connectivity index (χ2n) is 4.98. The van der Waals surface area contributed by atoms with Gasteiger partial charge in [0.2, 0.25) is 0 Å². The lowest BCUT2D eigenvalue weighted by atomic mass is 9.89. The normalized spacial score (nSPS) is 23.7. The summed E-state index contributed by atoms with van der Waals surface area (Å²) in [6.45, 7) is 2.21. The fraction of sp³-hybridized carbons (Fsp3) is 0.500. The molecule has 0 radical (unpaired) electrons. The van der Waals surface area contributed by atoms with E-state index in [1.54, 1.807) is 0 Å². The summed E-state index contributed by atoms with van der Waals surface area (Å²) in [5.74, 6) is -0.690. The van der Waals surface area contributed by atoms with Gasteiger partial charge in [-0.25, -0.2) is 9.18 Å². The zero-order valence-corrected chi connectivity index (χ0v) is 10.4. The number of carboxylic acids is 1. The lowest BCUT2D eigenvalue weighted by Gasteiger charge is -2.26. The Morgan fingerprint density at radius 3 is 2.56 bits per heavy atom. The molecule has 1 fully saturated rings. The van der Waals surface area contributed by atoms with Crippen LogP contribution in [0.3, 0.4) is 0 Å². The van der Waals surface area contributed by atoms with Crippen molar-refractivity contribution >= 4 is 5.97 Å². The molecule has 1 N–H and O–H groups in total. The van der Waals surface area contributed by atoms with Crippen LogP contribution in [-0.2, 0) is 0 Å². The fourth-order valence-corrected chi connectivity index (χ4v) is 2.29. The van der Waals surface area contributed by atoms with Crippen LogP contribution in [-0.4, -0.2) is 17.2 Å². The molecule has 1 saturated carbocycles. The molecule has 1 aliphatic rings. The number of ether oxygens (including phenoxy) is 1. The molecule has 4 heteroatoms. The summed E-state index contributed by atoms with van der Waals surface area (Å²) in [5, 5.41) is 8.85. The molecule has 1 aromatic rings. The summed E-state index contributed by atoms with van der Waals surface area (Å²) in [4.78, 5) is 10.8. The van der Waals surface area contributed by atoms with E-state index in [1.807, 2.05) is 0 Å². The third-order valence-electron chi connectivity index (χ3n) is 3.38. The second kappa shape index (κ2) is 5.38. The Labute approximate surface area is 106 Å². The molecule has 0 spiro atoms. The standard InChI is InChI=1S/C14H17FO3/c1-9-2-4-12(5-3-9)18-13-7-10(14(16)17)6-11(15)8-13/h6-9,12H,2-5H2,1H3,(H,16,17). The molecule has 18 heavy (non-hydrogen) atoms. The van der Waals surface area contributed by atoms with Gasteiger partial charge in [0.15, 0.2) is 0 Å². The van der Waals surface area contributed by atoms with Gasteiger partial charge in [-0.3, -0.25) is 0 Å². The number of halogens is 1. The van der Waals surface area contributed by atoms with Crippen molar-refractivity contribution in [3.05, 3.63) is 29.6 Å². The SMILES string of the molecule is CC1CCC(Oc2cc(F)cc(C(=O)O)c2)CC1. The number of carbonyl (C=O) groups is 1. The maximum atomic E-state index is 13.3. The molecule has 2 rings (SSSR count). The van der Waals surface area contributed by atoms with E-state index >= 15 is 0 Å². The average molecular weight is 252 g/mol. The third kappa shape index (κ3) is 3.22. The molecule has 0 bridgehead atoms. The third-order valence-corrected chi connectivity index (χ3v) is 3.38. The van der Waals surface area contributed by atoms with Gasteiger partial charge in [-0.1, -0.05) is 6.92 Å². The van der Waals surface area contributed by atoms with Gasteiger partial charge in [0.1, 0.15) is 11.6 Å². The van der Waals surface area contributed by atoms with Gasteiger partial charge < -0.3 is 9.84 Å². The number of benzene rings is 1. The van der Waals surface area contributed by atoms with E-state index in [2.05, 4.69) is 6.92 Å². The minimum atomic E-state index is -1.14. The van der Waals surface area contributed by atoms with Crippen molar-refractivity contribution in [2.24, 2.45) is 5.92 Å². The Balaban J connectivity index is 2.07. The number of hydrogen-bond acceptors (Lipinski definition) is 2. The molecule has 1 aromatic carbocycles. The van der Waals surface area contributed by atoms with Gasteiger partial charge in [0.25, 0.3) is 0 Å². The van der Waals surface area contributed by atoms with Crippen LogP contribution < -0.4 is 4.74 Å². The summed E-state index contributed by atoms with van der Waals surface area (Å²) in [5.41, 5.74) is -0.0748. The van der Waals surface area contributed by atoms with Crippen molar-refractivity contribution in [2.45, 2.75) is 38.7 Å². The largest absolute Gasteiger partial charge is 0.490 e. The molecular formula is C14H17FO3. The minimum absolute atomic E-state index is 0.0737. The molecule has 1 aliphatic carbocycles. The second-order valence-corrected chi connectivity index (χ2v) is 4.98. The monoisotopic (exact) mass is 252 g/mol. The molecule has 0 saturated heterocycles. The summed E-state index contributed by atoms with van der Waals surface area (Å²) in [6, 6.07) is 3.62. The van der Waals surface area contributed by atoms with Crippen molar-refractivity contribution in [2.75, 3.05) is 0 Å². The number of aromatic carboxylic acids is 1.